The van der Waals surface area contributed by atoms with Crippen LogP contribution in [0.1, 0.15) is 39.0 Å². The molecule has 2 atom stereocenters. The molecule has 1 aromatic rings. The van der Waals surface area contributed by atoms with Crippen LogP contribution in [0.4, 0.5) is 0 Å². The number of allylic oxidation sites excluding steroid dienone is 1. The van der Waals surface area contributed by atoms with Gasteiger partial charge in [-0.25, -0.2) is 4.98 Å². The number of halogens is 1. The smallest absolute Gasteiger partial charge is 0.289 e. The monoisotopic (exact) mass is 386 g/mol. The fourth-order valence-electron chi connectivity index (χ4n) is 3.45. The predicted molar refractivity (Wildman–Crippen MR) is 96.7 cm³/mol. The van der Waals surface area contributed by atoms with Crippen LogP contribution in [0, 0.1) is 16.0 Å². The minimum Gasteiger partial charge on any atom is -0.353 e. The van der Waals surface area contributed by atoms with Gasteiger partial charge in [0.2, 0.25) is 0 Å². The first-order chi connectivity index (χ1) is 11.7. The fourth-order valence-corrected chi connectivity index (χ4v) is 4.45. The van der Waals surface area contributed by atoms with Crippen molar-refractivity contribution in [3.8, 4) is 0 Å². The molecule has 1 saturated heterocycles. The molecule has 3 heterocycles. The number of rotatable bonds is 4. The van der Waals surface area contributed by atoms with Crippen LogP contribution in [0.2, 0.25) is 4.47 Å². The number of hydrogen-bond acceptors (Lipinski definition) is 7. The van der Waals surface area contributed by atoms with Gasteiger partial charge in [-0.15, -0.1) is 11.3 Å². The molecule has 2 unspecified atom stereocenters. The molecule has 0 aromatic carbocycles. The van der Waals surface area contributed by atoms with E-state index in [2.05, 4.69) is 9.88 Å². The van der Waals surface area contributed by atoms with Crippen molar-refractivity contribution in [3.63, 3.8) is 0 Å². The highest BCUT2D eigenvalue weighted by atomic mass is 35.5. The lowest BCUT2D eigenvalue weighted by molar-refractivity contribution is -0.440. The second kappa shape index (κ2) is 6.74. The van der Waals surface area contributed by atoms with Crippen molar-refractivity contribution in [2.75, 3.05) is 13.1 Å². The maximum Gasteiger partial charge on any atom is 0.289 e. The lowest BCUT2D eigenvalue weighted by Gasteiger charge is -2.40. The highest BCUT2D eigenvalue weighted by Gasteiger charge is 2.46. The average Bonchev–Trinajstić information content (AvgIpc) is 3.05. The molecule has 7 nitrogen and oxygen atoms in total. The van der Waals surface area contributed by atoms with E-state index < -0.39 is 0 Å². The molecule has 1 aromatic heterocycles. The van der Waals surface area contributed by atoms with Gasteiger partial charge in [0.05, 0.1) is 23.0 Å². The van der Waals surface area contributed by atoms with Gasteiger partial charge < -0.3 is 14.5 Å². The standard InChI is InChI=1S/C16H23ClN4O3S/c1-10-7-12(24-16(2,3)4)20-6-5-19(14(20)13(10)21(22)23)9-11-8-18-15(17)25-11/h8,10,12H,5-7,9H2,1-4H3. The Morgan fingerprint density at radius 2 is 2.20 bits per heavy atom. The lowest BCUT2D eigenvalue weighted by atomic mass is 9.97. The Kier molecular flexibility index (Phi) is 4.96. The van der Waals surface area contributed by atoms with Crippen LogP contribution >= 0.6 is 22.9 Å². The largest absolute Gasteiger partial charge is 0.353 e. The number of fused-ring (bicyclic) bond motifs is 1. The zero-order valence-electron chi connectivity index (χ0n) is 14.9. The molecule has 0 saturated carbocycles. The van der Waals surface area contributed by atoms with Gasteiger partial charge in [0.1, 0.15) is 6.23 Å². The fraction of sp³-hybridized carbons (Fsp3) is 0.688. The van der Waals surface area contributed by atoms with Gasteiger partial charge in [-0.2, -0.15) is 0 Å². The summed E-state index contributed by atoms with van der Waals surface area (Å²) >= 11 is 7.33. The maximum atomic E-state index is 11.7. The van der Waals surface area contributed by atoms with Crippen LogP contribution in [0.3, 0.4) is 0 Å². The summed E-state index contributed by atoms with van der Waals surface area (Å²) in [4.78, 5) is 20.6. The third-order valence-corrected chi connectivity index (χ3v) is 5.44. The molecule has 1 fully saturated rings. The molecule has 0 N–H and O–H groups in total. The quantitative estimate of drug-likeness (QED) is 0.582. The van der Waals surface area contributed by atoms with Gasteiger partial charge in [0.15, 0.2) is 10.3 Å². The molecule has 2 aliphatic heterocycles. The Bertz CT molecular complexity index is 700. The van der Waals surface area contributed by atoms with Crippen LogP contribution < -0.4 is 0 Å². The molecular weight excluding hydrogens is 364 g/mol. The van der Waals surface area contributed by atoms with Crippen molar-refractivity contribution in [3.05, 3.63) is 37.2 Å². The van der Waals surface area contributed by atoms with E-state index in [1.54, 1.807) is 6.20 Å². The molecule has 0 amide bonds. The van der Waals surface area contributed by atoms with Crippen molar-refractivity contribution in [1.29, 1.82) is 0 Å². The molecule has 9 heteroatoms. The van der Waals surface area contributed by atoms with Crippen molar-refractivity contribution in [2.45, 2.75) is 52.5 Å². The number of ether oxygens (including phenoxy) is 1. The van der Waals surface area contributed by atoms with Crippen molar-refractivity contribution < 1.29 is 9.66 Å². The van der Waals surface area contributed by atoms with Gasteiger partial charge in [-0.1, -0.05) is 18.5 Å². The molecule has 25 heavy (non-hydrogen) atoms. The van der Waals surface area contributed by atoms with Crippen molar-refractivity contribution >= 4 is 22.9 Å². The Labute approximate surface area is 156 Å². The number of aromatic nitrogens is 1. The highest BCUT2D eigenvalue weighted by molar-refractivity contribution is 7.15. The third kappa shape index (κ3) is 3.91. The van der Waals surface area contributed by atoms with E-state index in [0.717, 1.165) is 11.4 Å². The topological polar surface area (TPSA) is 71.7 Å². The Morgan fingerprint density at radius 3 is 2.76 bits per heavy atom. The second-order valence-corrected chi connectivity index (χ2v) is 9.18. The van der Waals surface area contributed by atoms with E-state index >= 15 is 0 Å². The molecule has 138 valence electrons. The molecule has 3 rings (SSSR count). The average molecular weight is 387 g/mol. The highest BCUT2D eigenvalue weighted by Crippen LogP contribution is 2.39. The summed E-state index contributed by atoms with van der Waals surface area (Å²) in [7, 11) is 0. The molecule has 0 bridgehead atoms. The second-order valence-electron chi connectivity index (χ2n) is 7.48. The van der Waals surface area contributed by atoms with Crippen molar-refractivity contribution in [2.24, 2.45) is 5.92 Å². The van der Waals surface area contributed by atoms with Crippen molar-refractivity contribution in [1.82, 2.24) is 14.8 Å². The first-order valence-electron chi connectivity index (χ1n) is 8.34. The van der Waals surface area contributed by atoms with E-state index in [1.165, 1.54) is 11.3 Å². The summed E-state index contributed by atoms with van der Waals surface area (Å²) in [6.07, 6.45) is 2.21. The summed E-state index contributed by atoms with van der Waals surface area (Å²) in [5, 5.41) is 11.7. The molecule has 2 aliphatic rings. The Balaban J connectivity index is 1.93. The zero-order chi connectivity index (χ0) is 18.4. The summed E-state index contributed by atoms with van der Waals surface area (Å²) in [6.45, 7) is 9.95. The minimum atomic E-state index is -0.305. The first kappa shape index (κ1) is 18.4. The summed E-state index contributed by atoms with van der Waals surface area (Å²) in [5.74, 6) is 0.516. The Morgan fingerprint density at radius 1 is 1.48 bits per heavy atom. The maximum absolute atomic E-state index is 11.7. The Hall–Kier alpha value is -1.38. The molecule has 0 spiro atoms. The normalized spacial score (nSPS) is 24.0. The first-order valence-corrected chi connectivity index (χ1v) is 9.53. The summed E-state index contributed by atoms with van der Waals surface area (Å²) < 4.78 is 6.69. The van der Waals surface area contributed by atoms with Crippen LogP contribution in [-0.2, 0) is 11.3 Å². The van der Waals surface area contributed by atoms with Gasteiger partial charge in [-0.05, 0) is 20.8 Å². The minimum absolute atomic E-state index is 0.149. The van der Waals surface area contributed by atoms with Crippen LogP contribution in [0.15, 0.2) is 17.7 Å². The van der Waals surface area contributed by atoms with Crippen LogP contribution in [0.5, 0.6) is 0 Å². The van der Waals surface area contributed by atoms with E-state index in [4.69, 9.17) is 16.3 Å². The third-order valence-electron chi connectivity index (χ3n) is 4.34. The molecular formula is C16H23ClN4O3S. The predicted octanol–water partition coefficient (Wildman–Crippen LogP) is 3.54. The van der Waals surface area contributed by atoms with E-state index in [1.807, 2.05) is 32.6 Å². The van der Waals surface area contributed by atoms with E-state index in [9.17, 15) is 10.1 Å². The van der Waals surface area contributed by atoms with Crippen LogP contribution in [-0.4, -0.2) is 44.6 Å². The van der Waals surface area contributed by atoms with Gasteiger partial charge >= 0.3 is 0 Å². The number of hydrogen-bond donors (Lipinski definition) is 0. The molecule has 0 aliphatic carbocycles. The molecule has 0 radical (unpaired) electrons. The van der Waals surface area contributed by atoms with E-state index in [0.29, 0.717) is 29.8 Å². The number of nitro groups is 1. The van der Waals surface area contributed by atoms with E-state index in [-0.39, 0.29) is 28.4 Å². The summed E-state index contributed by atoms with van der Waals surface area (Å²) in [5.41, 5.74) is -0.0258. The lowest BCUT2D eigenvalue weighted by Crippen LogP contribution is -2.46. The van der Waals surface area contributed by atoms with Gasteiger partial charge in [0, 0.05) is 30.6 Å². The number of thiazole rings is 1. The van der Waals surface area contributed by atoms with Gasteiger partial charge in [0.25, 0.3) is 5.70 Å². The summed E-state index contributed by atoms with van der Waals surface area (Å²) in [6, 6.07) is 0. The van der Waals surface area contributed by atoms with Crippen LogP contribution in [0.25, 0.3) is 0 Å². The van der Waals surface area contributed by atoms with Gasteiger partial charge in [-0.3, -0.25) is 10.1 Å². The number of nitrogens with zero attached hydrogens (tertiary/aromatic N) is 4. The zero-order valence-corrected chi connectivity index (χ0v) is 16.4. The SMILES string of the molecule is CC1CC(OC(C)(C)C)N2CCN(Cc3cnc(Cl)s3)C2=C1[N+](=O)[O-].